The van der Waals surface area contributed by atoms with Gasteiger partial charge in [0.1, 0.15) is 0 Å². The zero-order valence-electron chi connectivity index (χ0n) is 10.9. The molecule has 3 nitrogen and oxygen atoms in total. The van der Waals surface area contributed by atoms with Crippen molar-refractivity contribution in [2.24, 2.45) is 0 Å². The van der Waals surface area contributed by atoms with E-state index in [4.69, 9.17) is 0 Å². The van der Waals surface area contributed by atoms with Crippen LogP contribution in [0.4, 0.5) is 0 Å². The zero-order chi connectivity index (χ0) is 12.0. The predicted molar refractivity (Wildman–Crippen MR) is 70.6 cm³/mol. The summed E-state index contributed by atoms with van der Waals surface area (Å²) in [4.78, 5) is 0. The van der Waals surface area contributed by atoms with Gasteiger partial charge in [-0.1, -0.05) is 70.6 Å². The molecule has 0 aliphatic heterocycles. The SMILES string of the molecule is C1CCCCCCCCCC1.c1cnnnc1. The Bertz CT molecular complexity index is 174. The van der Waals surface area contributed by atoms with E-state index in [0.29, 0.717) is 0 Å². The Balaban J connectivity index is 0.000000202. The van der Waals surface area contributed by atoms with Gasteiger partial charge in [0.25, 0.3) is 0 Å². The van der Waals surface area contributed by atoms with Gasteiger partial charge in [0.05, 0.1) is 12.4 Å². The van der Waals surface area contributed by atoms with Crippen LogP contribution < -0.4 is 0 Å². The highest BCUT2D eigenvalue weighted by molar-refractivity contribution is 4.69. The van der Waals surface area contributed by atoms with Gasteiger partial charge >= 0.3 is 0 Å². The molecular formula is C14H25N3. The van der Waals surface area contributed by atoms with E-state index in [0.717, 1.165) is 0 Å². The molecule has 0 bridgehead atoms. The van der Waals surface area contributed by atoms with Crippen LogP contribution in [-0.2, 0) is 0 Å². The van der Waals surface area contributed by atoms with Gasteiger partial charge in [-0.15, -0.1) is 10.2 Å². The first-order valence-corrected chi connectivity index (χ1v) is 7.08. The molecular weight excluding hydrogens is 210 g/mol. The molecule has 0 unspecified atom stereocenters. The van der Waals surface area contributed by atoms with Crippen molar-refractivity contribution in [3.05, 3.63) is 18.5 Å². The molecule has 2 rings (SSSR count). The number of hydrogen-bond acceptors (Lipinski definition) is 3. The van der Waals surface area contributed by atoms with Crippen molar-refractivity contribution in [3.63, 3.8) is 0 Å². The predicted octanol–water partition coefficient (Wildman–Crippen LogP) is 4.16. The topological polar surface area (TPSA) is 38.7 Å². The summed E-state index contributed by atoms with van der Waals surface area (Å²) in [6.45, 7) is 0. The zero-order valence-corrected chi connectivity index (χ0v) is 10.9. The number of nitrogens with zero attached hydrogens (tertiary/aromatic N) is 3. The lowest BCUT2D eigenvalue weighted by Crippen LogP contribution is -1.78. The molecule has 1 aliphatic carbocycles. The van der Waals surface area contributed by atoms with Crippen LogP contribution in [0.5, 0.6) is 0 Å². The van der Waals surface area contributed by atoms with Crippen LogP contribution in [0.3, 0.4) is 0 Å². The van der Waals surface area contributed by atoms with Crippen LogP contribution in [-0.4, -0.2) is 15.4 Å². The van der Waals surface area contributed by atoms with E-state index < -0.39 is 0 Å². The molecule has 0 aromatic carbocycles. The molecule has 0 spiro atoms. The maximum atomic E-state index is 3.42. The minimum atomic E-state index is 1.50. The third kappa shape index (κ3) is 9.91. The van der Waals surface area contributed by atoms with Crippen LogP contribution in [0.25, 0.3) is 0 Å². The largest absolute Gasteiger partial charge is 0.139 e. The van der Waals surface area contributed by atoms with Gasteiger partial charge in [0.2, 0.25) is 0 Å². The summed E-state index contributed by atoms with van der Waals surface area (Å²) in [5.41, 5.74) is 0. The van der Waals surface area contributed by atoms with Crippen molar-refractivity contribution < 1.29 is 0 Å². The fourth-order valence-corrected chi connectivity index (χ4v) is 2.15. The lowest BCUT2D eigenvalue weighted by Gasteiger charge is -1.97. The average Bonchev–Trinajstić information content (AvgIpc) is 2.47. The van der Waals surface area contributed by atoms with E-state index in [2.05, 4.69) is 15.4 Å². The molecule has 0 saturated heterocycles. The second-order valence-electron chi connectivity index (χ2n) is 4.70. The minimum absolute atomic E-state index is 1.50. The van der Waals surface area contributed by atoms with Gasteiger partial charge in [-0.2, -0.15) is 0 Å². The first-order chi connectivity index (χ1) is 8.50. The number of rotatable bonds is 0. The quantitative estimate of drug-likeness (QED) is 0.677. The average molecular weight is 235 g/mol. The van der Waals surface area contributed by atoms with Gasteiger partial charge in [-0.3, -0.25) is 0 Å². The van der Waals surface area contributed by atoms with Crippen molar-refractivity contribution in [2.45, 2.75) is 70.6 Å². The molecule has 1 heterocycles. The van der Waals surface area contributed by atoms with Gasteiger partial charge in [0, 0.05) is 0 Å². The van der Waals surface area contributed by atoms with E-state index >= 15 is 0 Å². The van der Waals surface area contributed by atoms with E-state index in [-0.39, 0.29) is 0 Å². The molecule has 1 aromatic heterocycles. The van der Waals surface area contributed by atoms with Crippen molar-refractivity contribution in [3.8, 4) is 0 Å². The molecule has 96 valence electrons. The summed E-state index contributed by atoms with van der Waals surface area (Å²) in [6.07, 6.45) is 19.7. The number of hydrogen-bond donors (Lipinski definition) is 0. The number of aromatic nitrogens is 3. The summed E-state index contributed by atoms with van der Waals surface area (Å²) in [6, 6.07) is 1.72. The summed E-state index contributed by atoms with van der Waals surface area (Å²) in [7, 11) is 0. The molecule has 1 aliphatic rings. The lowest BCUT2D eigenvalue weighted by molar-refractivity contribution is 0.585. The molecule has 0 amide bonds. The van der Waals surface area contributed by atoms with Gasteiger partial charge in [-0.05, 0) is 11.3 Å². The van der Waals surface area contributed by atoms with E-state index in [1.807, 2.05) is 0 Å². The first-order valence-electron chi connectivity index (χ1n) is 7.08. The third-order valence-corrected chi connectivity index (χ3v) is 3.16. The van der Waals surface area contributed by atoms with Gasteiger partial charge in [-0.25, -0.2) is 0 Å². The van der Waals surface area contributed by atoms with Crippen molar-refractivity contribution in [1.82, 2.24) is 15.4 Å². The fraction of sp³-hybridized carbons (Fsp3) is 0.786. The van der Waals surface area contributed by atoms with Crippen molar-refractivity contribution in [1.29, 1.82) is 0 Å². The highest BCUT2D eigenvalue weighted by atomic mass is 15.3. The van der Waals surface area contributed by atoms with Crippen LogP contribution in [0, 0.1) is 0 Å². The molecule has 3 heteroatoms. The van der Waals surface area contributed by atoms with Crippen LogP contribution in [0.1, 0.15) is 70.6 Å². The first kappa shape index (κ1) is 14.1. The van der Waals surface area contributed by atoms with Gasteiger partial charge < -0.3 is 0 Å². The molecule has 17 heavy (non-hydrogen) atoms. The van der Waals surface area contributed by atoms with Crippen LogP contribution in [0.15, 0.2) is 18.5 Å². The summed E-state index contributed by atoms with van der Waals surface area (Å²) in [5.74, 6) is 0. The summed E-state index contributed by atoms with van der Waals surface area (Å²) >= 11 is 0. The Morgan fingerprint density at radius 3 is 0.882 bits per heavy atom. The summed E-state index contributed by atoms with van der Waals surface area (Å²) < 4.78 is 0. The van der Waals surface area contributed by atoms with Crippen LogP contribution in [0.2, 0.25) is 0 Å². The Morgan fingerprint density at radius 2 is 0.765 bits per heavy atom. The standard InChI is InChI=1S/C11H22.C3H3N3/c1-2-4-6-8-10-11-9-7-5-3-1;1-2-4-6-5-3-1/h1-11H2;1-3H. The Hall–Kier alpha value is -0.990. The molecule has 0 N–H and O–H groups in total. The van der Waals surface area contributed by atoms with E-state index in [1.54, 1.807) is 18.5 Å². The highest BCUT2D eigenvalue weighted by Gasteiger charge is 1.95. The Morgan fingerprint density at radius 1 is 0.471 bits per heavy atom. The third-order valence-electron chi connectivity index (χ3n) is 3.16. The van der Waals surface area contributed by atoms with Crippen molar-refractivity contribution in [2.75, 3.05) is 0 Å². The molecule has 1 aromatic rings. The maximum Gasteiger partial charge on any atom is 0.0529 e. The second-order valence-corrected chi connectivity index (χ2v) is 4.70. The minimum Gasteiger partial charge on any atom is -0.139 e. The fourth-order valence-electron chi connectivity index (χ4n) is 2.15. The van der Waals surface area contributed by atoms with E-state index in [1.165, 1.54) is 70.6 Å². The molecule has 1 fully saturated rings. The smallest absolute Gasteiger partial charge is 0.0529 e. The molecule has 1 saturated carbocycles. The summed E-state index contributed by atoms with van der Waals surface area (Å²) in [5, 5.41) is 10.1. The molecule has 0 atom stereocenters. The normalized spacial score (nSPS) is 18.4. The lowest BCUT2D eigenvalue weighted by atomic mass is 10.1. The molecule has 0 radical (unpaired) electrons. The monoisotopic (exact) mass is 235 g/mol. The second kappa shape index (κ2) is 11.5. The highest BCUT2D eigenvalue weighted by Crippen LogP contribution is 2.15. The Labute approximate surface area is 105 Å². The maximum absolute atomic E-state index is 3.42. The van der Waals surface area contributed by atoms with Crippen molar-refractivity contribution >= 4 is 0 Å². The Kier molecular flexibility index (Phi) is 9.51. The van der Waals surface area contributed by atoms with Crippen LogP contribution >= 0.6 is 0 Å². The van der Waals surface area contributed by atoms with Gasteiger partial charge in [0.15, 0.2) is 0 Å². The van der Waals surface area contributed by atoms with E-state index in [9.17, 15) is 0 Å².